The van der Waals surface area contributed by atoms with Crippen LogP contribution in [0, 0.1) is 0 Å². The number of hydrogen-bond acceptors (Lipinski definition) is 6. The lowest BCUT2D eigenvalue weighted by Gasteiger charge is -2.36. The molecular weight excluding hydrogens is 418 g/mol. The van der Waals surface area contributed by atoms with E-state index in [1.807, 2.05) is 42.5 Å². The zero-order valence-electron chi connectivity index (χ0n) is 18.0. The second-order valence-electron chi connectivity index (χ2n) is 7.83. The fourth-order valence-corrected chi connectivity index (χ4v) is 4.04. The van der Waals surface area contributed by atoms with Crippen molar-refractivity contribution >= 4 is 28.5 Å². The SMILES string of the molecule is O=C(OCC(=O)N1CCN(c2ccccc2)CC1)c1cc(-c2ccco2)nc2ccccc12. The highest BCUT2D eigenvalue weighted by atomic mass is 16.5. The number of pyridine rings is 1. The minimum absolute atomic E-state index is 0.194. The van der Waals surface area contributed by atoms with Crippen molar-refractivity contribution in [1.29, 1.82) is 0 Å². The number of amides is 1. The van der Waals surface area contributed by atoms with Gasteiger partial charge >= 0.3 is 5.97 Å². The number of para-hydroxylation sites is 2. The van der Waals surface area contributed by atoms with Crippen LogP contribution in [0.3, 0.4) is 0 Å². The monoisotopic (exact) mass is 441 g/mol. The van der Waals surface area contributed by atoms with Crippen molar-refractivity contribution in [1.82, 2.24) is 9.88 Å². The topological polar surface area (TPSA) is 75.9 Å². The minimum Gasteiger partial charge on any atom is -0.463 e. The van der Waals surface area contributed by atoms with Gasteiger partial charge in [0.25, 0.3) is 5.91 Å². The molecule has 1 saturated heterocycles. The van der Waals surface area contributed by atoms with Gasteiger partial charge in [-0.3, -0.25) is 4.79 Å². The van der Waals surface area contributed by atoms with E-state index < -0.39 is 5.97 Å². The number of anilines is 1. The summed E-state index contributed by atoms with van der Waals surface area (Å²) < 4.78 is 10.9. The maximum absolute atomic E-state index is 12.9. The summed E-state index contributed by atoms with van der Waals surface area (Å²) in [6, 6.07) is 22.7. The van der Waals surface area contributed by atoms with E-state index in [0.29, 0.717) is 41.0 Å². The van der Waals surface area contributed by atoms with Gasteiger partial charge in [0.1, 0.15) is 5.69 Å². The third-order valence-electron chi connectivity index (χ3n) is 5.79. The molecule has 0 N–H and O–H groups in total. The molecule has 166 valence electrons. The van der Waals surface area contributed by atoms with E-state index in [1.54, 1.807) is 29.4 Å². The first-order valence-electron chi connectivity index (χ1n) is 10.9. The molecule has 2 aromatic carbocycles. The van der Waals surface area contributed by atoms with Gasteiger partial charge in [0.2, 0.25) is 0 Å². The number of rotatable bonds is 5. The third kappa shape index (κ3) is 4.43. The maximum Gasteiger partial charge on any atom is 0.339 e. The Morgan fingerprint density at radius 3 is 2.42 bits per heavy atom. The van der Waals surface area contributed by atoms with Gasteiger partial charge in [0.15, 0.2) is 12.4 Å². The summed E-state index contributed by atoms with van der Waals surface area (Å²) in [5.74, 6) is -0.194. The van der Waals surface area contributed by atoms with E-state index in [9.17, 15) is 9.59 Å². The van der Waals surface area contributed by atoms with Crippen LogP contribution in [-0.2, 0) is 9.53 Å². The minimum atomic E-state index is -0.558. The van der Waals surface area contributed by atoms with Crippen LogP contribution in [0.1, 0.15) is 10.4 Å². The Balaban J connectivity index is 1.25. The molecule has 1 aliphatic rings. The largest absolute Gasteiger partial charge is 0.463 e. The van der Waals surface area contributed by atoms with Gasteiger partial charge in [0, 0.05) is 37.3 Å². The van der Waals surface area contributed by atoms with Crippen LogP contribution in [0.2, 0.25) is 0 Å². The van der Waals surface area contributed by atoms with Crippen LogP contribution in [0.25, 0.3) is 22.4 Å². The Hall–Kier alpha value is -4.13. The molecule has 0 radical (unpaired) electrons. The average molecular weight is 441 g/mol. The lowest BCUT2D eigenvalue weighted by molar-refractivity contribution is -0.134. The molecule has 7 heteroatoms. The second kappa shape index (κ2) is 9.16. The molecule has 0 unspecified atom stereocenters. The van der Waals surface area contributed by atoms with Crippen molar-refractivity contribution in [2.75, 3.05) is 37.7 Å². The predicted molar refractivity (Wildman–Crippen MR) is 125 cm³/mol. The van der Waals surface area contributed by atoms with Gasteiger partial charge in [-0.25, -0.2) is 9.78 Å². The van der Waals surface area contributed by atoms with Crippen molar-refractivity contribution in [3.8, 4) is 11.5 Å². The van der Waals surface area contributed by atoms with E-state index in [-0.39, 0.29) is 12.5 Å². The zero-order chi connectivity index (χ0) is 22.6. The van der Waals surface area contributed by atoms with Crippen LogP contribution in [0.15, 0.2) is 83.5 Å². The summed E-state index contributed by atoms with van der Waals surface area (Å²) in [5, 5.41) is 0.668. The highest BCUT2D eigenvalue weighted by Crippen LogP contribution is 2.26. The van der Waals surface area contributed by atoms with Gasteiger partial charge in [-0.1, -0.05) is 36.4 Å². The Kier molecular flexibility index (Phi) is 5.76. The number of fused-ring (bicyclic) bond motifs is 1. The van der Waals surface area contributed by atoms with Crippen LogP contribution < -0.4 is 4.90 Å². The molecule has 0 saturated carbocycles. The van der Waals surface area contributed by atoms with Crippen LogP contribution >= 0.6 is 0 Å². The summed E-state index contributed by atoms with van der Waals surface area (Å²) in [6.45, 7) is 2.37. The molecule has 1 amide bonds. The highest BCUT2D eigenvalue weighted by molar-refractivity contribution is 6.05. The Bertz CT molecular complexity index is 1260. The Morgan fingerprint density at radius 2 is 1.67 bits per heavy atom. The van der Waals surface area contributed by atoms with Crippen LogP contribution in [0.4, 0.5) is 5.69 Å². The summed E-state index contributed by atoms with van der Waals surface area (Å²) >= 11 is 0. The lowest BCUT2D eigenvalue weighted by atomic mass is 10.1. The number of hydrogen-bond donors (Lipinski definition) is 0. The Labute approximate surface area is 191 Å². The summed E-state index contributed by atoms with van der Waals surface area (Å²) in [6.07, 6.45) is 1.56. The highest BCUT2D eigenvalue weighted by Gasteiger charge is 2.23. The zero-order valence-corrected chi connectivity index (χ0v) is 18.0. The fraction of sp³-hybridized carbons (Fsp3) is 0.192. The number of benzene rings is 2. The molecule has 1 aliphatic heterocycles. The Morgan fingerprint density at radius 1 is 0.909 bits per heavy atom. The summed E-state index contributed by atoms with van der Waals surface area (Å²) in [4.78, 5) is 34.2. The normalized spacial score (nSPS) is 13.8. The van der Waals surface area contributed by atoms with E-state index >= 15 is 0 Å². The number of esters is 1. The fourth-order valence-electron chi connectivity index (χ4n) is 4.04. The van der Waals surface area contributed by atoms with E-state index in [4.69, 9.17) is 9.15 Å². The number of aromatic nitrogens is 1. The molecule has 0 bridgehead atoms. The van der Waals surface area contributed by atoms with Gasteiger partial charge < -0.3 is 19.0 Å². The summed E-state index contributed by atoms with van der Waals surface area (Å²) in [5.41, 5.74) is 2.69. The van der Waals surface area contributed by atoms with E-state index in [0.717, 1.165) is 18.8 Å². The first-order chi connectivity index (χ1) is 16.2. The molecule has 33 heavy (non-hydrogen) atoms. The maximum atomic E-state index is 12.9. The molecule has 4 aromatic rings. The number of ether oxygens (including phenoxy) is 1. The van der Waals surface area contributed by atoms with Crippen LogP contribution in [-0.4, -0.2) is 54.5 Å². The first kappa shape index (κ1) is 20.8. The lowest BCUT2D eigenvalue weighted by Crippen LogP contribution is -2.49. The molecule has 2 aromatic heterocycles. The molecular formula is C26H23N3O4. The van der Waals surface area contributed by atoms with Crippen molar-refractivity contribution < 1.29 is 18.7 Å². The van der Waals surface area contributed by atoms with Crippen molar-refractivity contribution in [2.45, 2.75) is 0 Å². The number of carbonyl (C=O) groups excluding carboxylic acids is 2. The molecule has 1 fully saturated rings. The number of nitrogens with zero attached hydrogens (tertiary/aromatic N) is 3. The second-order valence-corrected chi connectivity index (χ2v) is 7.83. The van der Waals surface area contributed by atoms with Gasteiger partial charge in [-0.05, 0) is 36.4 Å². The molecule has 5 rings (SSSR count). The van der Waals surface area contributed by atoms with E-state index in [1.165, 1.54) is 0 Å². The number of furan rings is 1. The van der Waals surface area contributed by atoms with Gasteiger partial charge in [0.05, 0.1) is 17.3 Å². The summed E-state index contributed by atoms with van der Waals surface area (Å²) in [7, 11) is 0. The van der Waals surface area contributed by atoms with Crippen molar-refractivity contribution in [2.24, 2.45) is 0 Å². The predicted octanol–water partition coefficient (Wildman–Crippen LogP) is 4.00. The number of piperazine rings is 1. The van der Waals surface area contributed by atoms with E-state index in [2.05, 4.69) is 22.0 Å². The molecule has 0 spiro atoms. The molecule has 3 heterocycles. The standard InChI is InChI=1S/C26H23N3O4/c30-25(29-14-12-28(13-15-29)19-7-2-1-3-8-19)18-33-26(31)21-17-23(24-11-6-16-32-24)27-22-10-5-4-9-20(21)22/h1-11,16-17H,12-15,18H2. The quantitative estimate of drug-likeness (QED) is 0.436. The molecule has 0 aliphatic carbocycles. The first-order valence-corrected chi connectivity index (χ1v) is 10.9. The smallest absolute Gasteiger partial charge is 0.339 e. The van der Waals surface area contributed by atoms with Crippen molar-refractivity contribution in [3.05, 3.63) is 84.6 Å². The molecule has 0 atom stereocenters. The van der Waals surface area contributed by atoms with Crippen LogP contribution in [0.5, 0.6) is 0 Å². The number of carbonyl (C=O) groups is 2. The molecule has 7 nitrogen and oxygen atoms in total. The van der Waals surface area contributed by atoms with Crippen molar-refractivity contribution in [3.63, 3.8) is 0 Å². The van der Waals surface area contributed by atoms with Gasteiger partial charge in [-0.2, -0.15) is 0 Å². The third-order valence-corrected chi connectivity index (χ3v) is 5.79. The van der Waals surface area contributed by atoms with Gasteiger partial charge in [-0.15, -0.1) is 0 Å². The average Bonchev–Trinajstić information content (AvgIpc) is 3.42.